The summed E-state index contributed by atoms with van der Waals surface area (Å²) in [4.78, 5) is 24.8. The highest BCUT2D eigenvalue weighted by molar-refractivity contribution is 6.05. The van der Waals surface area contributed by atoms with E-state index in [1.165, 1.54) is 24.3 Å². The molecule has 3 rings (SSSR count). The van der Waals surface area contributed by atoms with Crippen LogP contribution in [0.4, 0.5) is 30.2 Å². The quantitative estimate of drug-likeness (QED) is 0.300. The van der Waals surface area contributed by atoms with Gasteiger partial charge in [0, 0.05) is 22.6 Å². The lowest BCUT2D eigenvalue weighted by molar-refractivity contribution is -0.137. The molecular formula is C27H28F3N3O3. The van der Waals surface area contributed by atoms with Gasteiger partial charge in [-0.05, 0) is 73.0 Å². The number of benzene rings is 3. The van der Waals surface area contributed by atoms with Gasteiger partial charge in [-0.3, -0.25) is 9.59 Å². The first-order chi connectivity index (χ1) is 17.1. The van der Waals surface area contributed by atoms with Gasteiger partial charge in [0.15, 0.2) is 0 Å². The van der Waals surface area contributed by atoms with Crippen molar-refractivity contribution in [3.63, 3.8) is 0 Å². The van der Waals surface area contributed by atoms with Gasteiger partial charge in [0.25, 0.3) is 5.91 Å². The molecule has 0 bridgehead atoms. The average Bonchev–Trinajstić information content (AvgIpc) is 2.83. The summed E-state index contributed by atoms with van der Waals surface area (Å²) < 4.78 is 44.4. The molecule has 6 nitrogen and oxygen atoms in total. The molecule has 0 atom stereocenters. The van der Waals surface area contributed by atoms with E-state index in [0.717, 1.165) is 24.3 Å². The van der Waals surface area contributed by atoms with E-state index in [1.807, 2.05) is 0 Å². The minimum atomic E-state index is -4.51. The molecule has 190 valence electrons. The molecule has 0 aliphatic rings. The lowest BCUT2D eigenvalue weighted by Crippen LogP contribution is -2.22. The highest BCUT2D eigenvalue weighted by Crippen LogP contribution is 2.30. The van der Waals surface area contributed by atoms with E-state index in [-0.39, 0.29) is 23.7 Å². The van der Waals surface area contributed by atoms with Crippen molar-refractivity contribution in [2.24, 2.45) is 5.92 Å². The molecule has 0 spiro atoms. The van der Waals surface area contributed by atoms with Crippen LogP contribution in [0, 0.1) is 5.92 Å². The second kappa shape index (κ2) is 12.1. The van der Waals surface area contributed by atoms with Crippen molar-refractivity contribution < 1.29 is 27.5 Å². The Bertz CT molecular complexity index is 1180. The summed E-state index contributed by atoms with van der Waals surface area (Å²) in [5, 5.41) is 8.17. The van der Waals surface area contributed by atoms with Gasteiger partial charge in [-0.2, -0.15) is 13.2 Å². The minimum absolute atomic E-state index is 0.0314. The van der Waals surface area contributed by atoms with Crippen molar-refractivity contribution in [2.45, 2.75) is 26.4 Å². The van der Waals surface area contributed by atoms with Crippen LogP contribution in [-0.4, -0.2) is 25.0 Å². The number of carbonyl (C=O) groups excluding carboxylic acids is 2. The zero-order valence-electron chi connectivity index (χ0n) is 20.0. The Morgan fingerprint density at radius 3 is 2.25 bits per heavy atom. The molecule has 0 radical (unpaired) electrons. The van der Waals surface area contributed by atoms with E-state index >= 15 is 0 Å². The molecule has 2 amide bonds. The molecule has 0 unspecified atom stereocenters. The number of hydrogen-bond donors (Lipinski definition) is 3. The Morgan fingerprint density at radius 1 is 0.861 bits per heavy atom. The van der Waals surface area contributed by atoms with Gasteiger partial charge in [-0.15, -0.1) is 0 Å². The van der Waals surface area contributed by atoms with Crippen LogP contribution in [0.3, 0.4) is 0 Å². The molecule has 0 aromatic heterocycles. The van der Waals surface area contributed by atoms with Gasteiger partial charge in [0.2, 0.25) is 5.91 Å². The van der Waals surface area contributed by atoms with Crippen LogP contribution >= 0.6 is 0 Å². The Morgan fingerprint density at radius 2 is 1.56 bits per heavy atom. The fourth-order valence-corrected chi connectivity index (χ4v) is 3.18. The van der Waals surface area contributed by atoms with E-state index in [1.54, 1.807) is 36.4 Å². The van der Waals surface area contributed by atoms with E-state index < -0.39 is 17.6 Å². The van der Waals surface area contributed by atoms with Crippen molar-refractivity contribution in [3.05, 3.63) is 83.9 Å². The predicted molar refractivity (Wildman–Crippen MR) is 134 cm³/mol. The molecule has 3 aromatic rings. The highest BCUT2D eigenvalue weighted by atomic mass is 19.4. The summed E-state index contributed by atoms with van der Waals surface area (Å²) in [6.45, 7) is 4.83. The lowest BCUT2D eigenvalue weighted by atomic mass is 10.1. The first-order valence-electron chi connectivity index (χ1n) is 11.5. The number of anilines is 3. The summed E-state index contributed by atoms with van der Waals surface area (Å²) in [5.74, 6) is 0.425. The third-order valence-electron chi connectivity index (χ3n) is 5.13. The molecule has 0 heterocycles. The first-order valence-corrected chi connectivity index (χ1v) is 11.5. The Labute approximate surface area is 207 Å². The van der Waals surface area contributed by atoms with E-state index in [0.29, 0.717) is 23.9 Å². The standard InChI is InChI=1S/C27H28F3N3O3/c1-18(2)13-14-36-24-11-9-21(10-12-24)32-25(34)17-31-22-7-3-5-19(15-22)26(35)33-23-8-4-6-20(16-23)27(28,29)30/h3-12,15-16,18,31H,13-14,17H2,1-2H3,(H,32,34)(H,33,35). The van der Waals surface area contributed by atoms with Gasteiger partial charge in [-0.1, -0.05) is 26.0 Å². The molecule has 3 N–H and O–H groups in total. The number of nitrogens with one attached hydrogen (secondary N) is 3. The predicted octanol–water partition coefficient (Wildman–Crippen LogP) is 6.43. The summed E-state index contributed by atoms with van der Waals surface area (Å²) in [6, 6.07) is 17.8. The first kappa shape index (κ1) is 26.6. The number of hydrogen-bond acceptors (Lipinski definition) is 4. The number of carbonyl (C=O) groups is 2. The molecule has 0 saturated heterocycles. The van der Waals surface area contributed by atoms with Gasteiger partial charge < -0.3 is 20.7 Å². The molecular weight excluding hydrogens is 471 g/mol. The Kier molecular flexibility index (Phi) is 8.94. The van der Waals surface area contributed by atoms with Crippen LogP contribution in [0.5, 0.6) is 5.75 Å². The third kappa shape index (κ3) is 8.33. The number of halogens is 3. The lowest BCUT2D eigenvalue weighted by Gasteiger charge is -2.12. The smallest absolute Gasteiger partial charge is 0.416 e. The van der Waals surface area contributed by atoms with Crippen molar-refractivity contribution in [2.75, 3.05) is 29.1 Å². The monoisotopic (exact) mass is 499 g/mol. The van der Waals surface area contributed by atoms with Gasteiger partial charge >= 0.3 is 6.18 Å². The normalized spacial score (nSPS) is 11.2. The second-order valence-corrected chi connectivity index (χ2v) is 8.57. The maximum absolute atomic E-state index is 12.9. The van der Waals surface area contributed by atoms with Crippen molar-refractivity contribution in [1.82, 2.24) is 0 Å². The SMILES string of the molecule is CC(C)CCOc1ccc(NC(=O)CNc2cccc(C(=O)Nc3cccc(C(F)(F)F)c3)c2)cc1. The van der Waals surface area contributed by atoms with Crippen LogP contribution < -0.4 is 20.7 Å². The zero-order chi connectivity index (χ0) is 26.1. The maximum Gasteiger partial charge on any atom is 0.416 e. The molecule has 0 aliphatic heterocycles. The fourth-order valence-electron chi connectivity index (χ4n) is 3.18. The zero-order valence-corrected chi connectivity index (χ0v) is 20.0. The molecule has 9 heteroatoms. The van der Waals surface area contributed by atoms with Gasteiger partial charge in [0.05, 0.1) is 18.7 Å². The number of alkyl halides is 3. The van der Waals surface area contributed by atoms with Crippen molar-refractivity contribution in [3.8, 4) is 5.75 Å². The van der Waals surface area contributed by atoms with Crippen LogP contribution in [0.15, 0.2) is 72.8 Å². The van der Waals surface area contributed by atoms with Crippen LogP contribution in [0.1, 0.15) is 36.2 Å². The van der Waals surface area contributed by atoms with E-state index in [9.17, 15) is 22.8 Å². The molecule has 3 aromatic carbocycles. The summed E-state index contributed by atoms with van der Waals surface area (Å²) in [6.07, 6.45) is -3.55. The fraction of sp³-hybridized carbons (Fsp3) is 0.259. The molecule has 0 saturated carbocycles. The summed E-state index contributed by atoms with van der Waals surface area (Å²) in [7, 11) is 0. The Balaban J connectivity index is 1.51. The molecule has 0 aliphatic carbocycles. The number of ether oxygens (including phenoxy) is 1. The van der Waals surface area contributed by atoms with Crippen LogP contribution in [0.2, 0.25) is 0 Å². The van der Waals surface area contributed by atoms with E-state index in [2.05, 4.69) is 29.8 Å². The van der Waals surface area contributed by atoms with Crippen molar-refractivity contribution in [1.29, 1.82) is 0 Å². The highest BCUT2D eigenvalue weighted by Gasteiger charge is 2.30. The summed E-state index contributed by atoms with van der Waals surface area (Å²) >= 11 is 0. The average molecular weight is 500 g/mol. The largest absolute Gasteiger partial charge is 0.494 e. The minimum Gasteiger partial charge on any atom is -0.494 e. The van der Waals surface area contributed by atoms with Gasteiger partial charge in [-0.25, -0.2) is 0 Å². The third-order valence-corrected chi connectivity index (χ3v) is 5.13. The second-order valence-electron chi connectivity index (χ2n) is 8.57. The number of amides is 2. The topological polar surface area (TPSA) is 79.5 Å². The summed E-state index contributed by atoms with van der Waals surface area (Å²) in [5.41, 5.74) is 0.535. The van der Waals surface area contributed by atoms with Gasteiger partial charge in [0.1, 0.15) is 5.75 Å². The van der Waals surface area contributed by atoms with Crippen molar-refractivity contribution >= 4 is 28.9 Å². The molecule has 0 fully saturated rings. The maximum atomic E-state index is 12.9. The number of rotatable bonds is 10. The Hall–Kier alpha value is -4.01. The van der Waals surface area contributed by atoms with Crippen LogP contribution in [0.25, 0.3) is 0 Å². The van der Waals surface area contributed by atoms with Crippen LogP contribution in [-0.2, 0) is 11.0 Å². The molecule has 36 heavy (non-hydrogen) atoms. The van der Waals surface area contributed by atoms with E-state index in [4.69, 9.17) is 4.74 Å².